The molecule has 0 rings (SSSR count). The predicted octanol–water partition coefficient (Wildman–Crippen LogP) is 1.54. The van der Waals surface area contributed by atoms with Crippen LogP contribution in [0.3, 0.4) is 0 Å². The van der Waals surface area contributed by atoms with Crippen molar-refractivity contribution in [2.45, 2.75) is 19.8 Å². The standard InChI is InChI=1S/C6H10O/c1-2-3-4-5-6-7/h3-4,6H,2,5H2,1H3/b4-3-. The Morgan fingerprint density at radius 2 is 2.14 bits per heavy atom. The first kappa shape index (κ1) is 6.41. The minimum atomic E-state index is 0.563. The van der Waals surface area contributed by atoms with Crippen molar-refractivity contribution >= 4 is 6.29 Å². The smallest absolute Gasteiger partial charge is 0.123 e. The highest BCUT2D eigenvalue weighted by Crippen LogP contribution is 1.80. The van der Waals surface area contributed by atoms with E-state index >= 15 is 0 Å². The van der Waals surface area contributed by atoms with Crippen molar-refractivity contribution in [1.29, 1.82) is 0 Å². The molecule has 0 saturated heterocycles. The molecule has 0 aromatic heterocycles. The Balaban J connectivity index is 2.92. The van der Waals surface area contributed by atoms with Crippen molar-refractivity contribution in [2.75, 3.05) is 0 Å². The topological polar surface area (TPSA) is 17.1 Å². The van der Waals surface area contributed by atoms with Crippen LogP contribution in [-0.4, -0.2) is 6.29 Å². The van der Waals surface area contributed by atoms with Gasteiger partial charge in [-0.3, -0.25) is 0 Å². The Kier molecular flexibility index (Phi) is 4.95. The third-order valence-corrected chi connectivity index (χ3v) is 0.635. The average molecular weight is 98.1 g/mol. The molecular formula is C6H10O. The maximum Gasteiger partial charge on any atom is 0.123 e. The molecule has 40 valence electrons. The van der Waals surface area contributed by atoms with Crippen LogP contribution in [0.5, 0.6) is 0 Å². The van der Waals surface area contributed by atoms with Crippen LogP contribution in [0.4, 0.5) is 0 Å². The maximum absolute atomic E-state index is 9.63. The van der Waals surface area contributed by atoms with Crippen LogP contribution in [0.25, 0.3) is 0 Å². The first-order valence-corrected chi connectivity index (χ1v) is 2.50. The summed E-state index contributed by atoms with van der Waals surface area (Å²) in [4.78, 5) is 9.63. The van der Waals surface area contributed by atoms with Crippen molar-refractivity contribution in [1.82, 2.24) is 0 Å². The fourth-order valence-corrected chi connectivity index (χ4v) is 0.318. The van der Waals surface area contributed by atoms with E-state index in [1.165, 1.54) is 0 Å². The van der Waals surface area contributed by atoms with E-state index in [1.807, 2.05) is 19.1 Å². The van der Waals surface area contributed by atoms with Gasteiger partial charge in [-0.25, -0.2) is 0 Å². The molecule has 0 N–H and O–H groups in total. The molecule has 0 aliphatic heterocycles. The second kappa shape index (κ2) is 5.41. The molecule has 0 atom stereocenters. The van der Waals surface area contributed by atoms with Gasteiger partial charge in [0.25, 0.3) is 0 Å². The molecule has 0 fully saturated rings. The highest BCUT2D eigenvalue weighted by molar-refractivity contribution is 5.51. The summed E-state index contributed by atoms with van der Waals surface area (Å²) in [6, 6.07) is 0. The molecule has 0 aromatic carbocycles. The first-order valence-electron chi connectivity index (χ1n) is 2.50. The van der Waals surface area contributed by atoms with Gasteiger partial charge in [-0.1, -0.05) is 19.1 Å². The maximum atomic E-state index is 9.63. The third-order valence-electron chi connectivity index (χ3n) is 0.635. The van der Waals surface area contributed by atoms with Crippen LogP contribution in [0.1, 0.15) is 19.8 Å². The van der Waals surface area contributed by atoms with Gasteiger partial charge in [-0.2, -0.15) is 0 Å². The van der Waals surface area contributed by atoms with Crippen LogP contribution >= 0.6 is 0 Å². The lowest BCUT2D eigenvalue weighted by Crippen LogP contribution is -1.63. The minimum Gasteiger partial charge on any atom is -0.303 e. The molecule has 0 radical (unpaired) electrons. The Morgan fingerprint density at radius 1 is 1.43 bits per heavy atom. The van der Waals surface area contributed by atoms with E-state index in [9.17, 15) is 4.79 Å². The van der Waals surface area contributed by atoms with Gasteiger partial charge in [-0.15, -0.1) is 0 Å². The molecule has 0 spiro atoms. The van der Waals surface area contributed by atoms with Gasteiger partial charge in [0.1, 0.15) is 6.29 Å². The van der Waals surface area contributed by atoms with Gasteiger partial charge in [0.2, 0.25) is 0 Å². The van der Waals surface area contributed by atoms with Crippen LogP contribution in [0.15, 0.2) is 12.2 Å². The van der Waals surface area contributed by atoms with E-state index in [-0.39, 0.29) is 0 Å². The zero-order valence-corrected chi connectivity index (χ0v) is 4.55. The molecule has 0 aliphatic rings. The fraction of sp³-hybridized carbons (Fsp3) is 0.500. The molecule has 0 saturated carbocycles. The van der Waals surface area contributed by atoms with E-state index in [0.29, 0.717) is 6.42 Å². The molecule has 1 heteroatoms. The summed E-state index contributed by atoms with van der Waals surface area (Å²) in [6.45, 7) is 2.04. The predicted molar refractivity (Wildman–Crippen MR) is 30.1 cm³/mol. The molecular weight excluding hydrogens is 88.1 g/mol. The number of carbonyl (C=O) groups excluding carboxylic acids is 1. The number of hydrogen-bond acceptors (Lipinski definition) is 1. The van der Waals surface area contributed by atoms with E-state index in [1.54, 1.807) is 0 Å². The van der Waals surface area contributed by atoms with Crippen molar-refractivity contribution < 1.29 is 4.79 Å². The van der Waals surface area contributed by atoms with Crippen LogP contribution in [0.2, 0.25) is 0 Å². The molecule has 0 bridgehead atoms. The SMILES string of the molecule is CC/C=C\CC=O. The van der Waals surface area contributed by atoms with Gasteiger partial charge in [-0.05, 0) is 6.42 Å². The lowest BCUT2D eigenvalue weighted by molar-refractivity contribution is -0.107. The Hall–Kier alpha value is -0.590. The molecule has 0 aliphatic carbocycles. The zero-order valence-electron chi connectivity index (χ0n) is 4.55. The fourth-order valence-electron chi connectivity index (χ4n) is 0.318. The Labute approximate surface area is 44.0 Å². The highest BCUT2D eigenvalue weighted by atomic mass is 16.1. The monoisotopic (exact) mass is 98.1 g/mol. The van der Waals surface area contributed by atoms with E-state index in [2.05, 4.69) is 0 Å². The van der Waals surface area contributed by atoms with Crippen molar-refractivity contribution in [3.8, 4) is 0 Å². The summed E-state index contributed by atoms with van der Waals surface area (Å²) in [5, 5.41) is 0. The van der Waals surface area contributed by atoms with Gasteiger partial charge >= 0.3 is 0 Å². The van der Waals surface area contributed by atoms with Gasteiger partial charge in [0.15, 0.2) is 0 Å². The number of aldehydes is 1. The summed E-state index contributed by atoms with van der Waals surface area (Å²) >= 11 is 0. The average Bonchev–Trinajstić information content (AvgIpc) is 1.69. The van der Waals surface area contributed by atoms with Gasteiger partial charge in [0.05, 0.1) is 0 Å². The van der Waals surface area contributed by atoms with Gasteiger partial charge in [0, 0.05) is 6.42 Å². The summed E-state index contributed by atoms with van der Waals surface area (Å²) in [5.74, 6) is 0. The summed E-state index contributed by atoms with van der Waals surface area (Å²) in [5.41, 5.74) is 0. The molecule has 7 heavy (non-hydrogen) atoms. The largest absolute Gasteiger partial charge is 0.303 e. The van der Waals surface area contributed by atoms with Crippen LogP contribution in [0, 0.1) is 0 Å². The number of hydrogen-bond donors (Lipinski definition) is 0. The second-order valence-corrected chi connectivity index (χ2v) is 1.28. The Morgan fingerprint density at radius 3 is 2.57 bits per heavy atom. The molecule has 0 amide bonds. The lowest BCUT2D eigenvalue weighted by atomic mass is 10.3. The minimum absolute atomic E-state index is 0.563. The van der Waals surface area contributed by atoms with Crippen molar-refractivity contribution in [2.24, 2.45) is 0 Å². The van der Waals surface area contributed by atoms with Crippen LogP contribution < -0.4 is 0 Å². The summed E-state index contributed by atoms with van der Waals surface area (Å²) in [7, 11) is 0. The third kappa shape index (κ3) is 5.41. The van der Waals surface area contributed by atoms with Gasteiger partial charge < -0.3 is 4.79 Å². The second-order valence-electron chi connectivity index (χ2n) is 1.28. The van der Waals surface area contributed by atoms with E-state index in [0.717, 1.165) is 12.7 Å². The zero-order chi connectivity index (χ0) is 5.54. The number of rotatable bonds is 3. The van der Waals surface area contributed by atoms with Crippen molar-refractivity contribution in [3.63, 3.8) is 0 Å². The van der Waals surface area contributed by atoms with E-state index < -0.39 is 0 Å². The normalized spacial score (nSPS) is 9.86. The molecule has 0 heterocycles. The van der Waals surface area contributed by atoms with E-state index in [4.69, 9.17) is 0 Å². The highest BCUT2D eigenvalue weighted by Gasteiger charge is 1.67. The molecule has 0 aromatic rings. The summed E-state index contributed by atoms with van der Waals surface area (Å²) < 4.78 is 0. The number of allylic oxidation sites excluding steroid dienone is 2. The van der Waals surface area contributed by atoms with Crippen molar-refractivity contribution in [3.05, 3.63) is 12.2 Å². The van der Waals surface area contributed by atoms with Crippen LogP contribution in [-0.2, 0) is 4.79 Å². The molecule has 1 nitrogen and oxygen atoms in total. The quantitative estimate of drug-likeness (QED) is 0.386. The first-order chi connectivity index (χ1) is 3.41. The Bertz CT molecular complexity index is 64.6. The summed E-state index contributed by atoms with van der Waals surface area (Å²) in [6.07, 6.45) is 6.33. The number of carbonyl (C=O) groups is 1. The lowest BCUT2D eigenvalue weighted by Gasteiger charge is -1.72. The molecule has 0 unspecified atom stereocenters.